The van der Waals surface area contributed by atoms with Gasteiger partial charge in [0.2, 0.25) is 5.91 Å². The van der Waals surface area contributed by atoms with Gasteiger partial charge in [0, 0.05) is 18.7 Å². The minimum absolute atomic E-state index is 0.279. The van der Waals surface area contributed by atoms with E-state index in [-0.39, 0.29) is 5.91 Å². The van der Waals surface area contributed by atoms with Crippen LogP contribution in [0.4, 0.5) is 0 Å². The number of hydrogen-bond donors (Lipinski definition) is 0. The van der Waals surface area contributed by atoms with E-state index >= 15 is 0 Å². The maximum absolute atomic E-state index is 11.4. The summed E-state index contributed by atoms with van der Waals surface area (Å²) in [6.45, 7) is 5.12. The van der Waals surface area contributed by atoms with E-state index in [2.05, 4.69) is 13.0 Å². The summed E-state index contributed by atoms with van der Waals surface area (Å²) >= 11 is 0. The number of amides is 1. The summed E-state index contributed by atoms with van der Waals surface area (Å²) in [6.07, 6.45) is 10.3. The number of hydrogen-bond acceptors (Lipinski definition) is 1. The molecule has 0 radical (unpaired) electrons. The van der Waals surface area contributed by atoms with Crippen molar-refractivity contribution in [3.8, 4) is 0 Å². The maximum Gasteiger partial charge on any atom is 0.230 e. The topological polar surface area (TPSA) is 20.3 Å². The second kappa shape index (κ2) is 6.65. The van der Waals surface area contributed by atoms with Crippen molar-refractivity contribution in [1.29, 1.82) is 0 Å². The van der Waals surface area contributed by atoms with Crippen molar-refractivity contribution in [2.75, 3.05) is 6.54 Å². The molecule has 1 rings (SSSR count). The van der Waals surface area contributed by atoms with Crippen molar-refractivity contribution in [3.05, 3.63) is 11.8 Å². The Labute approximate surface area is 93.3 Å². The Morgan fingerprint density at radius 1 is 1.20 bits per heavy atom. The molecule has 0 aromatic heterocycles. The molecule has 0 saturated heterocycles. The van der Waals surface area contributed by atoms with Gasteiger partial charge in [-0.15, -0.1) is 0 Å². The van der Waals surface area contributed by atoms with E-state index in [9.17, 15) is 4.79 Å². The molecule has 2 heteroatoms. The van der Waals surface area contributed by atoms with Crippen molar-refractivity contribution in [3.63, 3.8) is 0 Å². The van der Waals surface area contributed by atoms with Gasteiger partial charge in [-0.05, 0) is 19.8 Å². The fraction of sp³-hybridized carbons (Fsp3) is 0.769. The van der Waals surface area contributed by atoms with Gasteiger partial charge in [-0.2, -0.15) is 0 Å². The highest BCUT2D eigenvalue weighted by molar-refractivity contribution is 5.82. The molecule has 0 atom stereocenters. The first-order valence-electron chi connectivity index (χ1n) is 6.29. The standard InChI is InChI=1S/C13H23NO/c1-3-5-6-7-8-9-12-10-11-13(15)14(12)4-2/h10H,3-9,11H2,1-2H3. The predicted molar refractivity (Wildman–Crippen MR) is 63.5 cm³/mol. The smallest absolute Gasteiger partial charge is 0.230 e. The zero-order valence-corrected chi connectivity index (χ0v) is 10.1. The number of nitrogens with zero attached hydrogens (tertiary/aromatic N) is 1. The summed E-state index contributed by atoms with van der Waals surface area (Å²) in [4.78, 5) is 13.4. The molecular formula is C13H23NO. The summed E-state index contributed by atoms with van der Waals surface area (Å²) < 4.78 is 0. The normalized spacial score (nSPS) is 16.0. The lowest BCUT2D eigenvalue weighted by atomic mass is 10.1. The SMILES string of the molecule is CCCCCCCC1=CCC(=O)N1CC. The van der Waals surface area contributed by atoms with Gasteiger partial charge in [0.25, 0.3) is 0 Å². The third-order valence-corrected chi connectivity index (χ3v) is 3.01. The number of allylic oxidation sites excluding steroid dienone is 1. The van der Waals surface area contributed by atoms with E-state index in [0.29, 0.717) is 6.42 Å². The second-order valence-corrected chi connectivity index (χ2v) is 4.20. The summed E-state index contributed by atoms with van der Waals surface area (Å²) in [5, 5.41) is 0. The molecule has 0 aliphatic carbocycles. The largest absolute Gasteiger partial charge is 0.317 e. The highest BCUT2D eigenvalue weighted by Crippen LogP contribution is 2.21. The maximum atomic E-state index is 11.4. The molecule has 1 aliphatic rings. The average Bonchev–Trinajstić information content (AvgIpc) is 2.59. The van der Waals surface area contributed by atoms with E-state index < -0.39 is 0 Å². The number of carbonyl (C=O) groups excluding carboxylic acids is 1. The fourth-order valence-corrected chi connectivity index (χ4v) is 2.11. The third-order valence-electron chi connectivity index (χ3n) is 3.01. The van der Waals surface area contributed by atoms with Crippen LogP contribution in [0.5, 0.6) is 0 Å². The van der Waals surface area contributed by atoms with Crippen molar-refractivity contribution < 1.29 is 4.79 Å². The monoisotopic (exact) mass is 209 g/mol. The van der Waals surface area contributed by atoms with Crippen LogP contribution in [0.1, 0.15) is 58.8 Å². The van der Waals surface area contributed by atoms with Crippen LogP contribution >= 0.6 is 0 Å². The third kappa shape index (κ3) is 3.69. The van der Waals surface area contributed by atoms with Crippen molar-refractivity contribution in [2.24, 2.45) is 0 Å². The molecule has 1 heterocycles. The molecule has 0 N–H and O–H groups in total. The Kier molecular flexibility index (Phi) is 5.44. The fourth-order valence-electron chi connectivity index (χ4n) is 2.11. The molecule has 0 aromatic rings. The lowest BCUT2D eigenvalue weighted by Gasteiger charge is -2.18. The van der Waals surface area contributed by atoms with Crippen LogP contribution in [0.3, 0.4) is 0 Å². The minimum atomic E-state index is 0.279. The van der Waals surface area contributed by atoms with Crippen molar-refractivity contribution in [2.45, 2.75) is 58.8 Å². The van der Waals surface area contributed by atoms with Gasteiger partial charge in [-0.3, -0.25) is 4.79 Å². The first-order chi connectivity index (χ1) is 7.29. The zero-order chi connectivity index (χ0) is 11.1. The second-order valence-electron chi connectivity index (χ2n) is 4.20. The first-order valence-corrected chi connectivity index (χ1v) is 6.29. The van der Waals surface area contributed by atoms with E-state index in [1.165, 1.54) is 37.8 Å². The highest BCUT2D eigenvalue weighted by atomic mass is 16.2. The van der Waals surface area contributed by atoms with Crippen LogP contribution in [-0.4, -0.2) is 17.4 Å². The van der Waals surface area contributed by atoms with Crippen LogP contribution in [0.25, 0.3) is 0 Å². The Balaban J connectivity index is 2.18. The minimum Gasteiger partial charge on any atom is -0.317 e. The molecule has 0 fully saturated rings. The molecule has 2 nitrogen and oxygen atoms in total. The highest BCUT2D eigenvalue weighted by Gasteiger charge is 2.20. The number of unbranched alkanes of at least 4 members (excludes halogenated alkanes) is 4. The van der Waals surface area contributed by atoms with Gasteiger partial charge in [0.05, 0.1) is 0 Å². The molecule has 0 aromatic carbocycles. The molecule has 0 saturated carbocycles. The molecule has 1 aliphatic heterocycles. The van der Waals surface area contributed by atoms with E-state index in [4.69, 9.17) is 0 Å². The van der Waals surface area contributed by atoms with Crippen LogP contribution in [0.15, 0.2) is 11.8 Å². The van der Waals surface area contributed by atoms with E-state index in [0.717, 1.165) is 13.0 Å². The molecule has 0 spiro atoms. The van der Waals surface area contributed by atoms with E-state index in [1.807, 2.05) is 11.8 Å². The van der Waals surface area contributed by atoms with Gasteiger partial charge >= 0.3 is 0 Å². The van der Waals surface area contributed by atoms with Gasteiger partial charge in [0.1, 0.15) is 0 Å². The Morgan fingerprint density at radius 3 is 2.60 bits per heavy atom. The van der Waals surface area contributed by atoms with Gasteiger partial charge in [0.15, 0.2) is 0 Å². The van der Waals surface area contributed by atoms with Crippen LogP contribution in [0.2, 0.25) is 0 Å². The summed E-state index contributed by atoms with van der Waals surface area (Å²) in [7, 11) is 0. The number of carbonyl (C=O) groups is 1. The van der Waals surface area contributed by atoms with E-state index in [1.54, 1.807) is 0 Å². The summed E-state index contributed by atoms with van der Waals surface area (Å²) in [6, 6.07) is 0. The predicted octanol–water partition coefficient (Wildman–Crippen LogP) is 3.48. The molecular weight excluding hydrogens is 186 g/mol. The average molecular weight is 209 g/mol. The molecule has 86 valence electrons. The summed E-state index contributed by atoms with van der Waals surface area (Å²) in [5.41, 5.74) is 1.26. The zero-order valence-electron chi connectivity index (χ0n) is 10.1. The van der Waals surface area contributed by atoms with Crippen LogP contribution in [-0.2, 0) is 4.79 Å². The summed E-state index contributed by atoms with van der Waals surface area (Å²) in [5.74, 6) is 0.279. The Hall–Kier alpha value is -0.790. The van der Waals surface area contributed by atoms with Gasteiger partial charge in [-0.25, -0.2) is 0 Å². The quantitative estimate of drug-likeness (QED) is 0.588. The lowest BCUT2D eigenvalue weighted by Crippen LogP contribution is -2.24. The Morgan fingerprint density at radius 2 is 1.93 bits per heavy atom. The lowest BCUT2D eigenvalue weighted by molar-refractivity contribution is -0.127. The molecule has 0 unspecified atom stereocenters. The molecule has 15 heavy (non-hydrogen) atoms. The molecule has 0 bridgehead atoms. The van der Waals surface area contributed by atoms with Crippen LogP contribution < -0.4 is 0 Å². The molecule has 1 amide bonds. The van der Waals surface area contributed by atoms with Gasteiger partial charge in [-0.1, -0.05) is 38.7 Å². The number of rotatable bonds is 7. The van der Waals surface area contributed by atoms with Crippen molar-refractivity contribution >= 4 is 5.91 Å². The van der Waals surface area contributed by atoms with Crippen LogP contribution in [0, 0.1) is 0 Å². The first kappa shape index (κ1) is 12.3. The van der Waals surface area contributed by atoms with Crippen molar-refractivity contribution in [1.82, 2.24) is 4.90 Å². The van der Waals surface area contributed by atoms with Gasteiger partial charge < -0.3 is 4.90 Å². The Bertz CT molecular complexity index is 233.